The van der Waals surface area contributed by atoms with E-state index < -0.39 is 5.60 Å². The van der Waals surface area contributed by atoms with Crippen LogP contribution in [-0.2, 0) is 14.3 Å². The minimum Gasteiger partial charge on any atom is -0.374 e. The standard InChI is InChI=1S/C10H18O3/c1-3-7-13-8-9(11)10(12-2)5-4-6-10/h3-8H2,1-2H3. The van der Waals surface area contributed by atoms with Crippen LogP contribution in [0.2, 0.25) is 0 Å². The Morgan fingerprint density at radius 2 is 2.15 bits per heavy atom. The highest BCUT2D eigenvalue weighted by molar-refractivity contribution is 5.89. The van der Waals surface area contributed by atoms with Crippen molar-refractivity contribution in [2.75, 3.05) is 20.3 Å². The average Bonchev–Trinajstić information content (AvgIpc) is 2.04. The topological polar surface area (TPSA) is 35.5 Å². The molecule has 1 saturated carbocycles. The van der Waals surface area contributed by atoms with E-state index in [0.717, 1.165) is 25.7 Å². The monoisotopic (exact) mass is 186 g/mol. The van der Waals surface area contributed by atoms with E-state index in [1.807, 2.05) is 6.92 Å². The van der Waals surface area contributed by atoms with Gasteiger partial charge in [0, 0.05) is 13.7 Å². The number of carbonyl (C=O) groups excluding carboxylic acids is 1. The molecular formula is C10H18O3. The lowest BCUT2D eigenvalue weighted by Gasteiger charge is -2.38. The molecule has 1 aliphatic rings. The Kier molecular flexibility index (Phi) is 3.88. The molecule has 0 aromatic heterocycles. The zero-order valence-corrected chi connectivity index (χ0v) is 8.47. The van der Waals surface area contributed by atoms with Crippen LogP contribution in [0.3, 0.4) is 0 Å². The fraction of sp³-hybridized carbons (Fsp3) is 0.900. The third-order valence-electron chi connectivity index (χ3n) is 2.64. The van der Waals surface area contributed by atoms with Gasteiger partial charge in [-0.25, -0.2) is 0 Å². The van der Waals surface area contributed by atoms with E-state index in [9.17, 15) is 4.79 Å². The number of methoxy groups -OCH3 is 1. The molecule has 76 valence electrons. The van der Waals surface area contributed by atoms with Gasteiger partial charge in [-0.05, 0) is 25.7 Å². The highest BCUT2D eigenvalue weighted by Gasteiger charge is 2.43. The first kappa shape index (κ1) is 10.7. The molecular weight excluding hydrogens is 168 g/mol. The summed E-state index contributed by atoms with van der Waals surface area (Å²) >= 11 is 0. The molecule has 0 saturated heterocycles. The number of ketones is 1. The summed E-state index contributed by atoms with van der Waals surface area (Å²) in [7, 11) is 1.61. The molecule has 1 fully saturated rings. The number of hydrogen-bond acceptors (Lipinski definition) is 3. The molecule has 0 heterocycles. The quantitative estimate of drug-likeness (QED) is 0.590. The minimum absolute atomic E-state index is 0.106. The van der Waals surface area contributed by atoms with Gasteiger partial charge >= 0.3 is 0 Å². The second kappa shape index (κ2) is 4.72. The number of ether oxygens (including phenoxy) is 2. The van der Waals surface area contributed by atoms with Gasteiger partial charge in [-0.2, -0.15) is 0 Å². The SMILES string of the molecule is CCCOCC(=O)C1(OC)CCC1. The van der Waals surface area contributed by atoms with E-state index >= 15 is 0 Å². The Hall–Kier alpha value is -0.410. The van der Waals surface area contributed by atoms with Gasteiger partial charge in [0.25, 0.3) is 0 Å². The average molecular weight is 186 g/mol. The van der Waals surface area contributed by atoms with Crippen LogP contribution in [0.1, 0.15) is 32.6 Å². The van der Waals surface area contributed by atoms with Crippen LogP contribution in [0.15, 0.2) is 0 Å². The minimum atomic E-state index is -0.492. The Balaban J connectivity index is 2.28. The fourth-order valence-corrected chi connectivity index (χ4v) is 1.54. The largest absolute Gasteiger partial charge is 0.374 e. The molecule has 13 heavy (non-hydrogen) atoms. The third kappa shape index (κ3) is 2.29. The first-order valence-corrected chi connectivity index (χ1v) is 4.91. The van der Waals surface area contributed by atoms with Gasteiger partial charge in [0.05, 0.1) is 0 Å². The van der Waals surface area contributed by atoms with Crippen LogP contribution >= 0.6 is 0 Å². The number of hydrogen-bond donors (Lipinski definition) is 0. The number of rotatable bonds is 6. The zero-order chi connectivity index (χ0) is 9.73. The normalized spacial score (nSPS) is 19.5. The fourth-order valence-electron chi connectivity index (χ4n) is 1.54. The first-order valence-electron chi connectivity index (χ1n) is 4.91. The Morgan fingerprint density at radius 1 is 1.46 bits per heavy atom. The van der Waals surface area contributed by atoms with Gasteiger partial charge in [0.1, 0.15) is 12.2 Å². The molecule has 1 rings (SSSR count). The number of carbonyl (C=O) groups is 1. The van der Waals surface area contributed by atoms with E-state index in [2.05, 4.69) is 0 Å². The lowest BCUT2D eigenvalue weighted by atomic mass is 9.77. The van der Waals surface area contributed by atoms with E-state index in [1.165, 1.54) is 0 Å². The summed E-state index contributed by atoms with van der Waals surface area (Å²) in [5.41, 5.74) is -0.492. The molecule has 1 aliphatic carbocycles. The highest BCUT2D eigenvalue weighted by Crippen LogP contribution is 2.35. The maximum Gasteiger partial charge on any atom is 0.190 e. The molecule has 0 atom stereocenters. The van der Waals surface area contributed by atoms with E-state index in [4.69, 9.17) is 9.47 Å². The Morgan fingerprint density at radius 3 is 2.54 bits per heavy atom. The van der Waals surface area contributed by atoms with Gasteiger partial charge in [0.15, 0.2) is 5.78 Å². The second-order valence-corrected chi connectivity index (χ2v) is 3.53. The summed E-state index contributed by atoms with van der Waals surface area (Å²) in [5.74, 6) is 0.106. The van der Waals surface area contributed by atoms with E-state index in [0.29, 0.717) is 6.61 Å². The number of Topliss-reactive ketones (excluding diaryl/α,β-unsaturated/α-hetero) is 1. The van der Waals surface area contributed by atoms with Crippen LogP contribution < -0.4 is 0 Å². The van der Waals surface area contributed by atoms with Crippen LogP contribution in [-0.4, -0.2) is 31.7 Å². The summed E-state index contributed by atoms with van der Waals surface area (Å²) in [6.07, 6.45) is 3.76. The zero-order valence-electron chi connectivity index (χ0n) is 8.47. The van der Waals surface area contributed by atoms with Gasteiger partial charge in [-0.3, -0.25) is 4.79 Å². The van der Waals surface area contributed by atoms with Gasteiger partial charge in [-0.1, -0.05) is 6.92 Å². The van der Waals surface area contributed by atoms with Crippen LogP contribution in [0, 0.1) is 0 Å². The lowest BCUT2D eigenvalue weighted by Crippen LogP contribution is -2.48. The molecule has 3 nitrogen and oxygen atoms in total. The van der Waals surface area contributed by atoms with Crippen molar-refractivity contribution in [2.24, 2.45) is 0 Å². The molecule has 0 unspecified atom stereocenters. The van der Waals surface area contributed by atoms with Gasteiger partial charge in [0.2, 0.25) is 0 Å². The molecule has 0 aliphatic heterocycles. The van der Waals surface area contributed by atoms with Crippen molar-refractivity contribution in [3.05, 3.63) is 0 Å². The van der Waals surface area contributed by atoms with Gasteiger partial charge < -0.3 is 9.47 Å². The maximum atomic E-state index is 11.6. The smallest absolute Gasteiger partial charge is 0.190 e. The third-order valence-corrected chi connectivity index (χ3v) is 2.64. The predicted octanol–water partition coefficient (Wildman–Crippen LogP) is 1.55. The molecule has 0 bridgehead atoms. The van der Waals surface area contributed by atoms with Crippen molar-refractivity contribution in [3.63, 3.8) is 0 Å². The van der Waals surface area contributed by atoms with Crippen molar-refractivity contribution < 1.29 is 14.3 Å². The predicted molar refractivity (Wildman–Crippen MR) is 49.7 cm³/mol. The highest BCUT2D eigenvalue weighted by atomic mass is 16.5. The van der Waals surface area contributed by atoms with E-state index in [-0.39, 0.29) is 12.4 Å². The van der Waals surface area contributed by atoms with Crippen molar-refractivity contribution in [1.29, 1.82) is 0 Å². The summed E-state index contributed by atoms with van der Waals surface area (Å²) < 4.78 is 10.4. The molecule has 0 N–H and O–H groups in total. The molecule has 3 heteroatoms. The summed E-state index contributed by atoms with van der Waals surface area (Å²) in [4.78, 5) is 11.6. The molecule has 0 aromatic rings. The Labute approximate surface area is 79.4 Å². The van der Waals surface area contributed by atoms with Crippen LogP contribution in [0.5, 0.6) is 0 Å². The lowest BCUT2D eigenvalue weighted by molar-refractivity contribution is -0.156. The van der Waals surface area contributed by atoms with Crippen molar-refractivity contribution in [3.8, 4) is 0 Å². The summed E-state index contributed by atoms with van der Waals surface area (Å²) in [5, 5.41) is 0. The van der Waals surface area contributed by atoms with Crippen LogP contribution in [0.25, 0.3) is 0 Å². The summed E-state index contributed by atoms with van der Waals surface area (Å²) in [6, 6.07) is 0. The molecule has 0 aromatic carbocycles. The molecule has 0 amide bonds. The summed E-state index contributed by atoms with van der Waals surface area (Å²) in [6.45, 7) is 2.90. The van der Waals surface area contributed by atoms with E-state index in [1.54, 1.807) is 7.11 Å². The molecule has 0 radical (unpaired) electrons. The van der Waals surface area contributed by atoms with Crippen molar-refractivity contribution in [2.45, 2.75) is 38.2 Å². The van der Waals surface area contributed by atoms with Crippen molar-refractivity contribution >= 4 is 5.78 Å². The van der Waals surface area contributed by atoms with Crippen molar-refractivity contribution in [1.82, 2.24) is 0 Å². The molecule has 0 spiro atoms. The Bertz CT molecular complexity index is 167. The maximum absolute atomic E-state index is 11.6. The van der Waals surface area contributed by atoms with Crippen LogP contribution in [0.4, 0.5) is 0 Å². The van der Waals surface area contributed by atoms with Gasteiger partial charge in [-0.15, -0.1) is 0 Å². The second-order valence-electron chi connectivity index (χ2n) is 3.53. The first-order chi connectivity index (χ1) is 6.25.